The van der Waals surface area contributed by atoms with Crippen LogP contribution < -0.4 is 10.6 Å². The molecule has 1 heterocycles. The van der Waals surface area contributed by atoms with Gasteiger partial charge in [0.1, 0.15) is 0 Å². The van der Waals surface area contributed by atoms with Gasteiger partial charge in [0, 0.05) is 16.9 Å². The molecule has 2 N–H and O–H groups in total. The molecule has 2 aromatic carbocycles. The number of nitrogens with zero attached hydrogens (tertiary/aromatic N) is 2. The molecule has 0 aliphatic heterocycles. The van der Waals surface area contributed by atoms with Gasteiger partial charge in [0.05, 0.1) is 5.25 Å². The summed E-state index contributed by atoms with van der Waals surface area (Å²) in [7, 11) is 0. The molecule has 0 saturated carbocycles. The Bertz CT molecular complexity index is 986. The molecule has 0 bridgehead atoms. The number of carbonyl (C=O) groups is 2. The molecule has 0 radical (unpaired) electrons. The highest BCUT2D eigenvalue weighted by Gasteiger charge is 2.18. The first-order valence-corrected chi connectivity index (χ1v) is 10.4. The van der Waals surface area contributed by atoms with Gasteiger partial charge in [-0.05, 0) is 45.0 Å². The molecule has 28 heavy (non-hydrogen) atoms. The zero-order chi connectivity index (χ0) is 20.1. The summed E-state index contributed by atoms with van der Waals surface area (Å²) in [5, 5.41) is 14.6. The minimum Gasteiger partial charge on any atom is -0.330 e. The number of ketones is 1. The molecule has 6 nitrogen and oxygen atoms in total. The van der Waals surface area contributed by atoms with E-state index in [2.05, 4.69) is 20.8 Å². The first-order valence-electron chi connectivity index (χ1n) is 8.66. The molecule has 1 aromatic heterocycles. The second kappa shape index (κ2) is 8.99. The minimum absolute atomic E-state index is 0.0408. The number of rotatable bonds is 7. The number of benzene rings is 2. The zero-order valence-electron chi connectivity index (χ0n) is 15.7. The molecule has 8 heteroatoms. The Morgan fingerprint density at radius 1 is 1.07 bits per heavy atom. The maximum Gasteiger partial charge on any atom is 0.237 e. The minimum atomic E-state index is -0.360. The summed E-state index contributed by atoms with van der Waals surface area (Å²) in [4.78, 5) is 23.9. The molecule has 0 spiro atoms. The van der Waals surface area contributed by atoms with Crippen molar-refractivity contribution in [2.45, 2.75) is 30.4 Å². The second-order valence-corrected chi connectivity index (χ2v) is 8.82. The van der Waals surface area contributed by atoms with Gasteiger partial charge in [-0.3, -0.25) is 9.59 Å². The lowest BCUT2D eigenvalue weighted by molar-refractivity contribution is -0.115. The Balaban J connectivity index is 1.58. The third kappa shape index (κ3) is 5.40. The van der Waals surface area contributed by atoms with E-state index in [-0.39, 0.29) is 16.9 Å². The van der Waals surface area contributed by atoms with Gasteiger partial charge in [0.15, 0.2) is 10.1 Å². The fourth-order valence-corrected chi connectivity index (χ4v) is 4.25. The lowest BCUT2D eigenvalue weighted by Crippen LogP contribution is -2.22. The van der Waals surface area contributed by atoms with E-state index in [1.165, 1.54) is 35.6 Å². The van der Waals surface area contributed by atoms with Crippen LogP contribution in [0.5, 0.6) is 0 Å². The van der Waals surface area contributed by atoms with Crippen LogP contribution in [0.15, 0.2) is 52.9 Å². The SMILES string of the molecule is CC(=O)c1cccc(NC(=O)[C@H](C)Sc2nnc(Nc3ccc(C)cc3)s2)c1. The summed E-state index contributed by atoms with van der Waals surface area (Å²) in [6, 6.07) is 14.9. The monoisotopic (exact) mass is 412 g/mol. The molecule has 0 unspecified atom stereocenters. The standard InChI is InChI=1S/C20H20N4O2S2/c1-12-7-9-16(10-8-12)22-19-23-24-20(28-19)27-14(3)18(26)21-17-6-4-5-15(11-17)13(2)25/h4-11,14H,1-3H3,(H,21,26)(H,22,23)/t14-/m0/s1. The van der Waals surface area contributed by atoms with E-state index in [1.807, 2.05) is 38.1 Å². The number of carbonyl (C=O) groups excluding carboxylic acids is 2. The third-order valence-corrected chi connectivity index (χ3v) is 5.92. The van der Waals surface area contributed by atoms with E-state index in [4.69, 9.17) is 0 Å². The number of hydrogen-bond acceptors (Lipinski definition) is 7. The van der Waals surface area contributed by atoms with Crippen LogP contribution in [0, 0.1) is 6.92 Å². The van der Waals surface area contributed by atoms with E-state index < -0.39 is 0 Å². The van der Waals surface area contributed by atoms with Crippen molar-refractivity contribution < 1.29 is 9.59 Å². The summed E-state index contributed by atoms with van der Waals surface area (Å²) in [6.07, 6.45) is 0. The molecule has 0 aliphatic rings. The van der Waals surface area contributed by atoms with Gasteiger partial charge in [-0.15, -0.1) is 10.2 Å². The van der Waals surface area contributed by atoms with Crippen molar-refractivity contribution >= 4 is 51.3 Å². The largest absolute Gasteiger partial charge is 0.330 e. The Morgan fingerprint density at radius 3 is 2.54 bits per heavy atom. The number of anilines is 3. The van der Waals surface area contributed by atoms with Gasteiger partial charge in [-0.1, -0.05) is 52.9 Å². The summed E-state index contributed by atoms with van der Waals surface area (Å²) in [5.74, 6) is -0.199. The summed E-state index contributed by atoms with van der Waals surface area (Å²) < 4.78 is 0.703. The van der Waals surface area contributed by atoms with Crippen molar-refractivity contribution in [2.75, 3.05) is 10.6 Å². The molecule has 1 amide bonds. The van der Waals surface area contributed by atoms with Gasteiger partial charge in [0.25, 0.3) is 0 Å². The van der Waals surface area contributed by atoms with Crippen LogP contribution in [-0.2, 0) is 4.79 Å². The van der Waals surface area contributed by atoms with E-state index in [1.54, 1.807) is 24.3 Å². The number of thioether (sulfide) groups is 1. The maximum atomic E-state index is 12.5. The van der Waals surface area contributed by atoms with Gasteiger partial charge >= 0.3 is 0 Å². The highest BCUT2D eigenvalue weighted by molar-refractivity contribution is 8.02. The lowest BCUT2D eigenvalue weighted by atomic mass is 10.1. The van der Waals surface area contributed by atoms with Gasteiger partial charge in [-0.2, -0.15) is 0 Å². The summed E-state index contributed by atoms with van der Waals surface area (Å²) >= 11 is 2.74. The molecule has 144 valence electrons. The van der Waals surface area contributed by atoms with Crippen molar-refractivity contribution in [3.05, 3.63) is 59.7 Å². The molecule has 0 fully saturated rings. The van der Waals surface area contributed by atoms with Crippen LogP contribution >= 0.6 is 23.1 Å². The number of Topliss-reactive ketones (excluding diaryl/α,β-unsaturated/α-hetero) is 1. The topological polar surface area (TPSA) is 84.0 Å². The normalized spacial score (nSPS) is 11.7. The Kier molecular flexibility index (Phi) is 6.43. The number of hydrogen-bond donors (Lipinski definition) is 2. The van der Waals surface area contributed by atoms with Crippen LogP contribution in [0.25, 0.3) is 0 Å². The molecule has 1 atom stereocenters. The van der Waals surface area contributed by atoms with Gasteiger partial charge < -0.3 is 10.6 Å². The quantitative estimate of drug-likeness (QED) is 0.424. The highest BCUT2D eigenvalue weighted by atomic mass is 32.2. The van der Waals surface area contributed by atoms with Gasteiger partial charge in [-0.25, -0.2) is 0 Å². The maximum absolute atomic E-state index is 12.5. The number of nitrogens with one attached hydrogen (secondary N) is 2. The fourth-order valence-electron chi connectivity index (χ4n) is 2.33. The van der Waals surface area contributed by atoms with Crippen LogP contribution in [0.3, 0.4) is 0 Å². The van der Waals surface area contributed by atoms with Crippen molar-refractivity contribution in [1.82, 2.24) is 10.2 Å². The van der Waals surface area contributed by atoms with Crippen LogP contribution in [0.1, 0.15) is 29.8 Å². The lowest BCUT2D eigenvalue weighted by Gasteiger charge is -2.10. The molecule has 3 rings (SSSR count). The Morgan fingerprint density at radius 2 is 1.82 bits per heavy atom. The zero-order valence-corrected chi connectivity index (χ0v) is 17.4. The summed E-state index contributed by atoms with van der Waals surface area (Å²) in [6.45, 7) is 5.34. The van der Waals surface area contributed by atoms with E-state index >= 15 is 0 Å². The Labute approximate surface area is 171 Å². The molecule has 3 aromatic rings. The average molecular weight is 413 g/mol. The van der Waals surface area contributed by atoms with Crippen molar-refractivity contribution in [1.29, 1.82) is 0 Å². The average Bonchev–Trinajstić information content (AvgIpc) is 3.10. The number of amides is 1. The number of aryl methyl sites for hydroxylation is 1. The van der Waals surface area contributed by atoms with Crippen LogP contribution in [0.4, 0.5) is 16.5 Å². The second-order valence-electron chi connectivity index (χ2n) is 6.25. The van der Waals surface area contributed by atoms with Crippen LogP contribution in [0.2, 0.25) is 0 Å². The van der Waals surface area contributed by atoms with Crippen molar-refractivity contribution in [3.8, 4) is 0 Å². The van der Waals surface area contributed by atoms with Crippen molar-refractivity contribution in [2.24, 2.45) is 0 Å². The summed E-state index contributed by atoms with van der Waals surface area (Å²) in [5.41, 5.74) is 3.29. The Hall–Kier alpha value is -2.71. The van der Waals surface area contributed by atoms with Crippen molar-refractivity contribution in [3.63, 3.8) is 0 Å². The molecule has 0 saturated heterocycles. The predicted molar refractivity (Wildman–Crippen MR) is 115 cm³/mol. The van der Waals surface area contributed by atoms with E-state index in [9.17, 15) is 9.59 Å². The third-order valence-electron chi connectivity index (χ3n) is 3.89. The fraction of sp³-hybridized carbons (Fsp3) is 0.200. The van der Waals surface area contributed by atoms with E-state index in [0.717, 1.165) is 5.69 Å². The first kappa shape index (κ1) is 20.0. The molecule has 0 aliphatic carbocycles. The first-order chi connectivity index (χ1) is 13.4. The number of aromatic nitrogens is 2. The smallest absolute Gasteiger partial charge is 0.237 e. The molecular weight excluding hydrogens is 392 g/mol. The van der Waals surface area contributed by atoms with E-state index in [0.29, 0.717) is 20.7 Å². The van der Waals surface area contributed by atoms with Crippen LogP contribution in [-0.4, -0.2) is 27.1 Å². The predicted octanol–water partition coefficient (Wildman–Crippen LogP) is 4.91. The molecular formula is C20H20N4O2S2. The van der Waals surface area contributed by atoms with Gasteiger partial charge in [0.2, 0.25) is 11.0 Å². The highest BCUT2D eigenvalue weighted by Crippen LogP contribution is 2.31.